The minimum atomic E-state index is -0.850. The maximum absolute atomic E-state index is 11.5. The zero-order valence-electron chi connectivity index (χ0n) is 10.5. The largest absolute Gasteiger partial charge is 0.481 e. The predicted octanol–water partition coefficient (Wildman–Crippen LogP) is 1.73. The summed E-state index contributed by atoms with van der Waals surface area (Å²) in [6, 6.07) is -0.125. The molecule has 2 amide bonds. The van der Waals surface area contributed by atoms with Crippen molar-refractivity contribution in [3.8, 4) is 0 Å². The molecule has 0 aliphatic carbocycles. The smallest absolute Gasteiger partial charge is 0.315 e. The number of carbonyl (C=O) groups excluding carboxylic acids is 1. The van der Waals surface area contributed by atoms with Crippen molar-refractivity contribution in [1.82, 2.24) is 10.6 Å². The van der Waals surface area contributed by atoms with E-state index in [0.717, 1.165) is 6.42 Å². The first kappa shape index (κ1) is 14.7. The molecule has 0 radical (unpaired) electrons. The molecule has 1 atom stereocenters. The van der Waals surface area contributed by atoms with Crippen LogP contribution in [0.3, 0.4) is 0 Å². The Hall–Kier alpha value is -1.26. The number of hydrogen-bond acceptors (Lipinski definition) is 2. The van der Waals surface area contributed by atoms with Gasteiger partial charge in [0.2, 0.25) is 0 Å². The first-order valence-corrected chi connectivity index (χ1v) is 5.57. The molecule has 0 aromatic rings. The number of carboxylic acid groups (broad SMARTS) is 1. The third-order valence-electron chi connectivity index (χ3n) is 2.41. The molecule has 0 rings (SSSR count). The second kappa shape index (κ2) is 6.35. The van der Waals surface area contributed by atoms with E-state index >= 15 is 0 Å². The topological polar surface area (TPSA) is 78.4 Å². The lowest BCUT2D eigenvalue weighted by Gasteiger charge is -2.26. The van der Waals surface area contributed by atoms with Crippen LogP contribution in [0.25, 0.3) is 0 Å². The van der Waals surface area contributed by atoms with Gasteiger partial charge in [0, 0.05) is 18.0 Å². The Bertz CT molecular complexity index is 252. The van der Waals surface area contributed by atoms with Crippen LogP contribution in [0, 0.1) is 0 Å². The van der Waals surface area contributed by atoms with Crippen molar-refractivity contribution >= 4 is 12.0 Å². The highest BCUT2D eigenvalue weighted by molar-refractivity contribution is 5.75. The molecule has 1 unspecified atom stereocenters. The summed E-state index contributed by atoms with van der Waals surface area (Å²) in [5.74, 6) is -0.850. The van der Waals surface area contributed by atoms with Crippen LogP contribution in [-0.2, 0) is 4.79 Å². The van der Waals surface area contributed by atoms with Gasteiger partial charge in [0.25, 0.3) is 0 Å². The molecule has 94 valence electrons. The summed E-state index contributed by atoms with van der Waals surface area (Å²) in [5.41, 5.74) is -0.504. The van der Waals surface area contributed by atoms with Gasteiger partial charge in [-0.1, -0.05) is 6.92 Å². The first-order valence-electron chi connectivity index (χ1n) is 5.57. The van der Waals surface area contributed by atoms with Crippen LogP contribution in [0.4, 0.5) is 4.79 Å². The van der Waals surface area contributed by atoms with Crippen LogP contribution in [-0.4, -0.2) is 28.7 Å². The van der Waals surface area contributed by atoms with E-state index in [1.54, 1.807) is 0 Å². The Balaban J connectivity index is 4.04. The van der Waals surface area contributed by atoms with Gasteiger partial charge in [-0.25, -0.2) is 4.79 Å². The summed E-state index contributed by atoms with van der Waals surface area (Å²) in [7, 11) is 0. The van der Waals surface area contributed by atoms with Crippen molar-refractivity contribution < 1.29 is 14.7 Å². The van der Waals surface area contributed by atoms with Crippen LogP contribution in [0.5, 0.6) is 0 Å². The van der Waals surface area contributed by atoms with Gasteiger partial charge in [-0.05, 0) is 33.6 Å². The van der Waals surface area contributed by atoms with Crippen molar-refractivity contribution in [3.05, 3.63) is 0 Å². The fraction of sp³-hybridized carbons (Fsp3) is 0.818. The van der Waals surface area contributed by atoms with E-state index in [4.69, 9.17) is 5.11 Å². The SMILES string of the molecule is CCC(C)NC(=O)NC(C)(C)CCC(=O)O. The van der Waals surface area contributed by atoms with E-state index in [1.165, 1.54) is 0 Å². The fourth-order valence-corrected chi connectivity index (χ4v) is 1.15. The van der Waals surface area contributed by atoms with Gasteiger partial charge in [0.05, 0.1) is 0 Å². The number of nitrogens with one attached hydrogen (secondary N) is 2. The summed E-state index contributed by atoms with van der Waals surface area (Å²) < 4.78 is 0. The fourth-order valence-electron chi connectivity index (χ4n) is 1.15. The van der Waals surface area contributed by atoms with Crippen molar-refractivity contribution in [2.75, 3.05) is 0 Å². The highest BCUT2D eigenvalue weighted by Gasteiger charge is 2.21. The van der Waals surface area contributed by atoms with Crippen molar-refractivity contribution in [3.63, 3.8) is 0 Å². The van der Waals surface area contributed by atoms with E-state index in [0.29, 0.717) is 6.42 Å². The van der Waals surface area contributed by atoms with Gasteiger partial charge >= 0.3 is 12.0 Å². The van der Waals surface area contributed by atoms with Gasteiger partial charge in [-0.15, -0.1) is 0 Å². The van der Waals surface area contributed by atoms with E-state index < -0.39 is 11.5 Å². The number of carbonyl (C=O) groups is 2. The summed E-state index contributed by atoms with van der Waals surface area (Å²) in [5, 5.41) is 14.1. The highest BCUT2D eigenvalue weighted by atomic mass is 16.4. The highest BCUT2D eigenvalue weighted by Crippen LogP contribution is 2.10. The Morgan fingerprint density at radius 3 is 2.38 bits per heavy atom. The van der Waals surface area contributed by atoms with Crippen LogP contribution in [0.15, 0.2) is 0 Å². The molecule has 0 spiro atoms. The van der Waals surface area contributed by atoms with Crippen molar-refractivity contribution in [2.24, 2.45) is 0 Å². The lowest BCUT2D eigenvalue weighted by Crippen LogP contribution is -2.50. The Kier molecular flexibility index (Phi) is 5.85. The Labute approximate surface area is 96.6 Å². The molecule has 16 heavy (non-hydrogen) atoms. The standard InChI is InChI=1S/C11H22N2O3/c1-5-8(2)12-10(16)13-11(3,4)7-6-9(14)15/h8H,5-7H2,1-4H3,(H,14,15)(H2,12,13,16). The Morgan fingerprint density at radius 1 is 1.38 bits per heavy atom. The average molecular weight is 230 g/mol. The number of urea groups is 1. The second-order valence-electron chi connectivity index (χ2n) is 4.69. The normalized spacial score (nSPS) is 13.0. The number of amides is 2. The maximum atomic E-state index is 11.5. The molecule has 3 N–H and O–H groups in total. The molecule has 5 nitrogen and oxygen atoms in total. The number of hydrogen-bond donors (Lipinski definition) is 3. The van der Waals surface area contributed by atoms with E-state index in [9.17, 15) is 9.59 Å². The van der Waals surface area contributed by atoms with E-state index in [-0.39, 0.29) is 18.5 Å². The molecule has 5 heteroatoms. The quantitative estimate of drug-likeness (QED) is 0.650. The minimum absolute atomic E-state index is 0.0522. The third kappa shape index (κ3) is 7.09. The molecular weight excluding hydrogens is 208 g/mol. The molecule has 0 aliphatic rings. The molecule has 0 aromatic carbocycles. The molecule has 0 aliphatic heterocycles. The van der Waals surface area contributed by atoms with Crippen LogP contribution in [0.1, 0.15) is 47.0 Å². The predicted molar refractivity (Wildman–Crippen MR) is 62.4 cm³/mol. The molecular formula is C11H22N2O3. The monoisotopic (exact) mass is 230 g/mol. The zero-order chi connectivity index (χ0) is 12.8. The van der Waals surface area contributed by atoms with Gasteiger partial charge in [0.1, 0.15) is 0 Å². The summed E-state index contributed by atoms with van der Waals surface area (Å²) >= 11 is 0. The number of rotatable bonds is 6. The van der Waals surface area contributed by atoms with Crippen molar-refractivity contribution in [2.45, 2.75) is 58.5 Å². The molecule has 0 saturated carbocycles. The van der Waals surface area contributed by atoms with Gasteiger partial charge in [-0.3, -0.25) is 4.79 Å². The van der Waals surface area contributed by atoms with Crippen LogP contribution < -0.4 is 10.6 Å². The van der Waals surface area contributed by atoms with Gasteiger partial charge in [0.15, 0.2) is 0 Å². The molecule has 0 saturated heterocycles. The van der Waals surface area contributed by atoms with Gasteiger partial charge in [-0.2, -0.15) is 0 Å². The maximum Gasteiger partial charge on any atom is 0.315 e. The van der Waals surface area contributed by atoms with Crippen LogP contribution >= 0.6 is 0 Å². The second-order valence-corrected chi connectivity index (χ2v) is 4.69. The zero-order valence-corrected chi connectivity index (χ0v) is 10.5. The summed E-state index contributed by atoms with van der Waals surface area (Å²) in [4.78, 5) is 21.9. The minimum Gasteiger partial charge on any atom is -0.481 e. The number of carboxylic acids is 1. The van der Waals surface area contributed by atoms with E-state index in [1.807, 2.05) is 27.7 Å². The summed E-state index contributed by atoms with van der Waals surface area (Å²) in [6.45, 7) is 7.53. The van der Waals surface area contributed by atoms with Gasteiger partial charge < -0.3 is 15.7 Å². The molecule has 0 aromatic heterocycles. The molecule has 0 heterocycles. The first-order chi connectivity index (χ1) is 7.26. The van der Waals surface area contributed by atoms with Crippen LogP contribution in [0.2, 0.25) is 0 Å². The summed E-state index contributed by atoms with van der Waals surface area (Å²) in [6.07, 6.45) is 1.33. The molecule has 0 bridgehead atoms. The Morgan fingerprint density at radius 2 is 1.94 bits per heavy atom. The van der Waals surface area contributed by atoms with Crippen molar-refractivity contribution in [1.29, 1.82) is 0 Å². The number of aliphatic carboxylic acids is 1. The lowest BCUT2D eigenvalue weighted by atomic mass is 9.99. The lowest BCUT2D eigenvalue weighted by molar-refractivity contribution is -0.137. The average Bonchev–Trinajstić information content (AvgIpc) is 2.13. The molecule has 0 fully saturated rings. The van der Waals surface area contributed by atoms with E-state index in [2.05, 4.69) is 10.6 Å². The third-order valence-corrected chi connectivity index (χ3v) is 2.41.